The molecule has 1 aliphatic rings. The molecule has 0 radical (unpaired) electrons. The van der Waals surface area contributed by atoms with Crippen LogP contribution in [0.15, 0.2) is 24.3 Å². The number of carbonyl (C=O) groups is 2. The summed E-state index contributed by atoms with van der Waals surface area (Å²) in [6, 6.07) is 6.33. The number of methoxy groups -OCH3 is 3. The molecular weight excluding hydrogens is 401 g/mol. The molecule has 0 bridgehead atoms. The molecule has 2 unspecified atom stereocenters. The lowest BCUT2D eigenvalue weighted by molar-refractivity contribution is -0.181. The third-order valence-corrected chi connectivity index (χ3v) is 5.70. The minimum Gasteiger partial charge on any atom is -0.497 e. The topological polar surface area (TPSA) is 61.8 Å². The summed E-state index contributed by atoms with van der Waals surface area (Å²) in [5.74, 6) is 0.542. The average Bonchev–Trinajstić information content (AvgIpc) is 2.98. The molecule has 1 aliphatic carbocycles. The molecule has 0 spiro atoms. The second kappa shape index (κ2) is 8.58. The minimum absolute atomic E-state index is 0.124. The van der Waals surface area contributed by atoms with E-state index >= 15 is 0 Å². The maximum Gasteiger partial charge on any atom is 0.402 e. The van der Waals surface area contributed by atoms with Gasteiger partial charge in [-0.15, -0.1) is 0 Å². The molecule has 0 amide bonds. The van der Waals surface area contributed by atoms with Crippen LogP contribution in [-0.4, -0.2) is 39.4 Å². The molecule has 2 rings (SSSR count). The Bertz CT molecular complexity index is 830. The van der Waals surface area contributed by atoms with E-state index < -0.39 is 40.8 Å². The Morgan fingerprint density at radius 1 is 1.07 bits per heavy atom. The zero-order chi connectivity index (χ0) is 22.7. The lowest BCUT2D eigenvalue weighted by Crippen LogP contribution is -2.40. The van der Waals surface area contributed by atoms with Crippen molar-refractivity contribution in [3.05, 3.63) is 29.8 Å². The SMILES string of the molecule is COC(=O)C1(C(=O)OC)CC(C(C#Cc2ccc(OC)cc2)C(F)(F)F)C(C)(C)C1. The third-order valence-electron chi connectivity index (χ3n) is 5.70. The average molecular weight is 426 g/mol. The van der Waals surface area contributed by atoms with E-state index in [1.807, 2.05) is 0 Å². The lowest BCUT2D eigenvalue weighted by atomic mass is 9.74. The summed E-state index contributed by atoms with van der Waals surface area (Å²) >= 11 is 0. The van der Waals surface area contributed by atoms with Gasteiger partial charge in [-0.2, -0.15) is 13.2 Å². The van der Waals surface area contributed by atoms with Crippen molar-refractivity contribution in [2.24, 2.45) is 22.7 Å². The van der Waals surface area contributed by atoms with Crippen LogP contribution < -0.4 is 4.74 Å². The van der Waals surface area contributed by atoms with E-state index in [2.05, 4.69) is 11.8 Å². The molecule has 0 saturated heterocycles. The molecule has 164 valence electrons. The van der Waals surface area contributed by atoms with E-state index in [-0.39, 0.29) is 12.8 Å². The summed E-state index contributed by atoms with van der Waals surface area (Å²) in [6.07, 6.45) is -5.13. The lowest BCUT2D eigenvalue weighted by Gasteiger charge is -2.32. The Balaban J connectivity index is 2.48. The monoisotopic (exact) mass is 426 g/mol. The van der Waals surface area contributed by atoms with Gasteiger partial charge in [0, 0.05) is 5.56 Å². The molecule has 0 aromatic heterocycles. The van der Waals surface area contributed by atoms with Crippen molar-refractivity contribution in [2.45, 2.75) is 32.9 Å². The van der Waals surface area contributed by atoms with Gasteiger partial charge in [0.2, 0.25) is 0 Å². The largest absolute Gasteiger partial charge is 0.497 e. The smallest absolute Gasteiger partial charge is 0.402 e. The second-order valence-corrected chi connectivity index (χ2v) is 8.06. The first-order valence-corrected chi connectivity index (χ1v) is 9.30. The van der Waals surface area contributed by atoms with Crippen molar-refractivity contribution in [2.75, 3.05) is 21.3 Å². The van der Waals surface area contributed by atoms with Crippen molar-refractivity contribution < 1.29 is 37.0 Å². The summed E-state index contributed by atoms with van der Waals surface area (Å²) < 4.78 is 56.5. The van der Waals surface area contributed by atoms with Crippen LogP contribution in [0.2, 0.25) is 0 Å². The fourth-order valence-corrected chi connectivity index (χ4v) is 4.23. The van der Waals surface area contributed by atoms with Crippen molar-refractivity contribution in [3.63, 3.8) is 0 Å². The molecule has 1 aromatic carbocycles. The second-order valence-electron chi connectivity index (χ2n) is 8.06. The number of hydrogen-bond acceptors (Lipinski definition) is 5. The number of carbonyl (C=O) groups excluding carboxylic acids is 2. The number of alkyl halides is 3. The Morgan fingerprint density at radius 2 is 1.60 bits per heavy atom. The third kappa shape index (κ3) is 4.55. The maximum absolute atomic E-state index is 14.0. The van der Waals surface area contributed by atoms with Crippen LogP contribution >= 0.6 is 0 Å². The first kappa shape index (κ1) is 23.6. The zero-order valence-electron chi connectivity index (χ0n) is 17.6. The maximum atomic E-state index is 14.0. The van der Waals surface area contributed by atoms with Gasteiger partial charge in [0.15, 0.2) is 5.41 Å². The summed E-state index contributed by atoms with van der Waals surface area (Å²) in [5.41, 5.74) is -2.41. The summed E-state index contributed by atoms with van der Waals surface area (Å²) in [7, 11) is 3.67. The molecular formula is C22H25F3O5. The van der Waals surface area contributed by atoms with Crippen LogP contribution in [0.5, 0.6) is 5.75 Å². The summed E-state index contributed by atoms with van der Waals surface area (Å²) in [5, 5.41) is 0. The highest BCUT2D eigenvalue weighted by molar-refractivity contribution is 6.00. The Labute approximate surface area is 173 Å². The van der Waals surface area contributed by atoms with Gasteiger partial charge >= 0.3 is 18.1 Å². The van der Waals surface area contributed by atoms with E-state index in [4.69, 9.17) is 14.2 Å². The van der Waals surface area contributed by atoms with Crippen LogP contribution in [0.3, 0.4) is 0 Å². The predicted molar refractivity (Wildman–Crippen MR) is 102 cm³/mol. The Hall–Kier alpha value is -2.69. The summed E-state index contributed by atoms with van der Waals surface area (Å²) in [4.78, 5) is 24.9. The molecule has 2 atom stereocenters. The van der Waals surface area contributed by atoms with Gasteiger partial charge in [-0.1, -0.05) is 25.7 Å². The molecule has 5 nitrogen and oxygen atoms in total. The number of ether oxygens (including phenoxy) is 3. The molecule has 1 fully saturated rings. The molecule has 8 heteroatoms. The van der Waals surface area contributed by atoms with Crippen LogP contribution in [0.1, 0.15) is 32.3 Å². The normalized spacial score (nSPS) is 20.5. The van der Waals surface area contributed by atoms with Crippen LogP contribution in [0.4, 0.5) is 13.2 Å². The number of halogens is 3. The minimum atomic E-state index is -4.65. The molecule has 1 saturated carbocycles. The molecule has 0 heterocycles. The van der Waals surface area contributed by atoms with Crippen LogP contribution in [0, 0.1) is 34.5 Å². The van der Waals surface area contributed by atoms with Gasteiger partial charge < -0.3 is 14.2 Å². The first-order valence-electron chi connectivity index (χ1n) is 9.30. The van der Waals surface area contributed by atoms with Crippen molar-refractivity contribution in [1.29, 1.82) is 0 Å². The van der Waals surface area contributed by atoms with E-state index in [0.29, 0.717) is 11.3 Å². The number of rotatable bonds is 4. The van der Waals surface area contributed by atoms with E-state index in [0.717, 1.165) is 14.2 Å². The molecule has 1 aromatic rings. The highest BCUT2D eigenvalue weighted by Crippen LogP contribution is 2.58. The van der Waals surface area contributed by atoms with Crippen molar-refractivity contribution in [3.8, 4) is 17.6 Å². The highest BCUT2D eigenvalue weighted by Gasteiger charge is 2.64. The van der Waals surface area contributed by atoms with Gasteiger partial charge in [-0.25, -0.2) is 0 Å². The van der Waals surface area contributed by atoms with Crippen molar-refractivity contribution >= 4 is 11.9 Å². The summed E-state index contributed by atoms with van der Waals surface area (Å²) in [6.45, 7) is 3.19. The van der Waals surface area contributed by atoms with E-state index in [1.165, 1.54) is 7.11 Å². The van der Waals surface area contributed by atoms with Crippen LogP contribution in [-0.2, 0) is 19.1 Å². The molecule has 0 N–H and O–H groups in total. The fourth-order valence-electron chi connectivity index (χ4n) is 4.23. The molecule has 0 aliphatic heterocycles. The van der Waals surface area contributed by atoms with Crippen molar-refractivity contribution in [1.82, 2.24) is 0 Å². The van der Waals surface area contributed by atoms with Gasteiger partial charge in [-0.05, 0) is 48.4 Å². The highest BCUT2D eigenvalue weighted by atomic mass is 19.4. The number of esters is 2. The number of hydrogen-bond donors (Lipinski definition) is 0. The van der Waals surface area contributed by atoms with E-state index in [9.17, 15) is 22.8 Å². The van der Waals surface area contributed by atoms with Gasteiger partial charge in [0.25, 0.3) is 0 Å². The van der Waals surface area contributed by atoms with E-state index in [1.54, 1.807) is 38.1 Å². The fraction of sp³-hybridized carbons (Fsp3) is 0.545. The zero-order valence-corrected chi connectivity index (χ0v) is 17.6. The van der Waals surface area contributed by atoms with Gasteiger partial charge in [-0.3, -0.25) is 9.59 Å². The predicted octanol–water partition coefficient (Wildman–Crippen LogP) is 3.99. The van der Waals surface area contributed by atoms with Crippen LogP contribution in [0.25, 0.3) is 0 Å². The standard InChI is InChI=1S/C22H25F3O5/c1-20(2)13-21(18(26)29-4,19(27)30-5)12-17(20)16(22(23,24)25)11-8-14-6-9-15(28-3)10-7-14/h6-7,9-10,16-17H,12-13H2,1-5H3. The van der Waals surface area contributed by atoms with Gasteiger partial charge in [0.05, 0.1) is 21.3 Å². The Kier molecular flexibility index (Phi) is 6.75. The number of benzene rings is 1. The Morgan fingerprint density at radius 3 is 2.03 bits per heavy atom. The van der Waals surface area contributed by atoms with Gasteiger partial charge in [0.1, 0.15) is 11.7 Å². The quantitative estimate of drug-likeness (QED) is 0.414. The first-order chi connectivity index (χ1) is 13.9. The molecule has 30 heavy (non-hydrogen) atoms.